The minimum Gasteiger partial charge on any atom is -0.349 e. The molecule has 2 aliphatic heterocycles. The van der Waals surface area contributed by atoms with E-state index < -0.39 is 0 Å². The molecule has 4 nitrogen and oxygen atoms in total. The molecule has 29 heavy (non-hydrogen) atoms. The number of benzene rings is 2. The van der Waals surface area contributed by atoms with Crippen LogP contribution in [0.2, 0.25) is 0 Å². The Hall–Kier alpha value is -3.05. The highest BCUT2D eigenvalue weighted by Crippen LogP contribution is 2.39. The first-order valence-electron chi connectivity index (χ1n) is 9.55. The third kappa shape index (κ3) is 3.54. The lowest BCUT2D eigenvalue weighted by Gasteiger charge is -2.37. The highest BCUT2D eigenvalue weighted by molar-refractivity contribution is 5.85. The molecule has 1 unspecified atom stereocenters. The van der Waals surface area contributed by atoms with E-state index >= 15 is 0 Å². The van der Waals surface area contributed by atoms with E-state index in [1.165, 1.54) is 23.3 Å². The summed E-state index contributed by atoms with van der Waals surface area (Å²) in [5.74, 6) is 1.35. The van der Waals surface area contributed by atoms with Crippen LogP contribution in [0.25, 0.3) is 11.3 Å². The van der Waals surface area contributed by atoms with Crippen LogP contribution in [0.1, 0.15) is 24.1 Å². The number of hydrogen-bond acceptors (Lipinski definition) is 3. The van der Waals surface area contributed by atoms with Crippen LogP contribution >= 0.6 is 12.4 Å². The average molecular weight is 409 g/mol. The van der Waals surface area contributed by atoms with Crippen LogP contribution in [0.4, 0.5) is 21.8 Å². The number of fused-ring (bicyclic) bond motifs is 2. The lowest BCUT2D eigenvalue weighted by molar-refractivity contribution is 0.617. The van der Waals surface area contributed by atoms with E-state index in [0.29, 0.717) is 5.95 Å². The Morgan fingerprint density at radius 2 is 1.83 bits per heavy atom. The molecule has 0 amide bonds. The smallest absolute Gasteiger partial charge is 0.207 e. The summed E-state index contributed by atoms with van der Waals surface area (Å²) in [7, 11) is 0. The molecule has 0 aromatic heterocycles. The molecule has 6 heteroatoms. The zero-order chi connectivity index (χ0) is 19.1. The molecule has 5 rings (SSSR count). The molecule has 0 fully saturated rings. The number of anilines is 3. The molecule has 0 saturated carbocycles. The standard InChI is InChI=1S/C23H21FN4.ClH/c1-15-19-6-3-2-5-16(19)13-14-28(15)22-20-7-4-8-21(20)26-23(27-22)25-18-11-9-17(24)10-12-18;/h2-12,15H,13-14H2,1H3,(H2,25,26,27);1H. The molecule has 2 aromatic rings. The van der Waals surface area contributed by atoms with Crippen LogP contribution in [-0.4, -0.2) is 16.5 Å². The SMILES string of the molecule is CC1c2ccccc2CCN1c1nc(Nc2ccc(F)cc2)[nH]c2cccc1-2.Cl. The van der Waals surface area contributed by atoms with Crippen LogP contribution < -0.4 is 10.2 Å². The number of aromatic nitrogens is 2. The summed E-state index contributed by atoms with van der Waals surface area (Å²) in [6, 6.07) is 21.4. The van der Waals surface area contributed by atoms with Gasteiger partial charge in [-0.25, -0.2) is 4.39 Å². The lowest BCUT2D eigenvalue weighted by atomic mass is 9.93. The summed E-state index contributed by atoms with van der Waals surface area (Å²) in [6.45, 7) is 3.16. The molecule has 0 spiro atoms. The average Bonchev–Trinajstić information content (AvgIpc) is 3.18. The molecular formula is C23H22ClFN4. The van der Waals surface area contributed by atoms with Crippen LogP contribution in [0.5, 0.6) is 0 Å². The number of halogens is 2. The van der Waals surface area contributed by atoms with Crippen LogP contribution in [-0.2, 0) is 6.42 Å². The summed E-state index contributed by atoms with van der Waals surface area (Å²) >= 11 is 0. The van der Waals surface area contributed by atoms with Crippen LogP contribution in [0.15, 0.2) is 66.7 Å². The number of nitrogens with zero attached hydrogens (tertiary/aromatic N) is 2. The first-order valence-corrected chi connectivity index (χ1v) is 9.55. The first kappa shape index (κ1) is 19.3. The highest BCUT2D eigenvalue weighted by atomic mass is 35.5. The second kappa shape index (κ2) is 7.76. The van der Waals surface area contributed by atoms with Crippen LogP contribution in [0.3, 0.4) is 0 Å². The molecule has 1 aliphatic carbocycles. The Balaban J connectivity index is 0.00000205. The Labute approximate surface area is 175 Å². The van der Waals surface area contributed by atoms with Gasteiger partial charge in [0.2, 0.25) is 5.95 Å². The van der Waals surface area contributed by atoms with E-state index in [-0.39, 0.29) is 24.3 Å². The predicted octanol–water partition coefficient (Wildman–Crippen LogP) is 5.94. The monoisotopic (exact) mass is 408 g/mol. The van der Waals surface area contributed by atoms with E-state index in [4.69, 9.17) is 4.98 Å². The summed E-state index contributed by atoms with van der Waals surface area (Å²) in [5, 5.41) is 3.27. The molecule has 0 radical (unpaired) electrons. The van der Waals surface area contributed by atoms with E-state index in [1.807, 2.05) is 6.07 Å². The van der Waals surface area contributed by atoms with Crippen molar-refractivity contribution >= 4 is 29.9 Å². The van der Waals surface area contributed by atoms with E-state index in [2.05, 4.69) is 58.5 Å². The zero-order valence-electron chi connectivity index (χ0n) is 16.0. The van der Waals surface area contributed by atoms with Crippen molar-refractivity contribution in [1.29, 1.82) is 0 Å². The van der Waals surface area contributed by atoms with Gasteiger partial charge in [-0.2, -0.15) is 4.98 Å². The number of H-pyrrole nitrogens is 1. The maximum absolute atomic E-state index is 13.2. The van der Waals surface area contributed by atoms with Gasteiger partial charge in [-0.15, -0.1) is 12.4 Å². The van der Waals surface area contributed by atoms with E-state index in [1.54, 1.807) is 12.1 Å². The number of rotatable bonds is 3. The van der Waals surface area contributed by atoms with Crippen molar-refractivity contribution in [2.24, 2.45) is 0 Å². The molecule has 3 aliphatic rings. The van der Waals surface area contributed by atoms with Crippen molar-refractivity contribution in [3.8, 4) is 11.3 Å². The fourth-order valence-corrected chi connectivity index (χ4v) is 4.06. The topological polar surface area (TPSA) is 44.0 Å². The molecule has 0 bridgehead atoms. The third-order valence-corrected chi connectivity index (χ3v) is 5.50. The van der Waals surface area contributed by atoms with Crippen molar-refractivity contribution in [2.45, 2.75) is 19.4 Å². The highest BCUT2D eigenvalue weighted by Gasteiger charge is 2.27. The Morgan fingerprint density at radius 3 is 2.66 bits per heavy atom. The van der Waals surface area contributed by atoms with Gasteiger partial charge in [0.1, 0.15) is 11.6 Å². The Bertz CT molecular complexity index is 1090. The summed E-state index contributed by atoms with van der Waals surface area (Å²) in [6.07, 6.45) is 1.00. The molecule has 148 valence electrons. The predicted molar refractivity (Wildman–Crippen MR) is 118 cm³/mol. The van der Waals surface area contributed by atoms with Gasteiger partial charge >= 0.3 is 0 Å². The third-order valence-electron chi connectivity index (χ3n) is 5.50. The van der Waals surface area contributed by atoms with Crippen molar-refractivity contribution < 1.29 is 4.39 Å². The quantitative estimate of drug-likeness (QED) is 0.440. The van der Waals surface area contributed by atoms with Crippen LogP contribution in [0, 0.1) is 5.82 Å². The molecule has 2 N–H and O–H groups in total. The van der Waals surface area contributed by atoms with Gasteiger partial charge in [0.25, 0.3) is 0 Å². The first-order chi connectivity index (χ1) is 13.7. The normalized spacial score (nSPS) is 15.7. The fraction of sp³-hybridized carbons (Fsp3) is 0.174. The Morgan fingerprint density at radius 1 is 1.03 bits per heavy atom. The maximum Gasteiger partial charge on any atom is 0.207 e. The largest absolute Gasteiger partial charge is 0.349 e. The number of hydrogen-bond donors (Lipinski definition) is 2. The lowest BCUT2D eigenvalue weighted by Crippen LogP contribution is -2.35. The fourth-order valence-electron chi connectivity index (χ4n) is 4.06. The van der Waals surface area contributed by atoms with Crippen molar-refractivity contribution in [1.82, 2.24) is 9.97 Å². The van der Waals surface area contributed by atoms with Gasteiger partial charge in [-0.05, 0) is 60.9 Å². The maximum atomic E-state index is 13.2. The summed E-state index contributed by atoms with van der Waals surface area (Å²) in [4.78, 5) is 10.6. The zero-order valence-corrected chi connectivity index (χ0v) is 16.8. The van der Waals surface area contributed by atoms with Crippen molar-refractivity contribution in [2.75, 3.05) is 16.8 Å². The Kier molecular flexibility index (Phi) is 5.16. The van der Waals surface area contributed by atoms with Gasteiger partial charge < -0.3 is 15.2 Å². The van der Waals surface area contributed by atoms with E-state index in [9.17, 15) is 4.39 Å². The summed E-state index contributed by atoms with van der Waals surface area (Å²) in [5.41, 5.74) is 5.70. The second-order valence-corrected chi connectivity index (χ2v) is 7.21. The van der Waals surface area contributed by atoms with Gasteiger partial charge in [0, 0.05) is 17.8 Å². The van der Waals surface area contributed by atoms with Crippen molar-refractivity contribution in [3.05, 3.63) is 83.7 Å². The molecule has 2 aromatic carbocycles. The van der Waals surface area contributed by atoms with Gasteiger partial charge in [0.05, 0.1) is 11.7 Å². The molecule has 1 atom stereocenters. The van der Waals surface area contributed by atoms with Gasteiger partial charge in [0.15, 0.2) is 0 Å². The number of aromatic amines is 1. The number of nitrogens with one attached hydrogen (secondary N) is 2. The van der Waals surface area contributed by atoms with E-state index in [0.717, 1.165) is 35.7 Å². The van der Waals surface area contributed by atoms with Crippen molar-refractivity contribution in [3.63, 3.8) is 0 Å². The van der Waals surface area contributed by atoms with Gasteiger partial charge in [-0.3, -0.25) is 0 Å². The second-order valence-electron chi connectivity index (χ2n) is 7.21. The minimum absolute atomic E-state index is 0. The molecule has 2 heterocycles. The minimum atomic E-state index is -0.254. The summed E-state index contributed by atoms with van der Waals surface area (Å²) < 4.78 is 13.2. The molecular weight excluding hydrogens is 387 g/mol. The molecule has 0 saturated heterocycles. The van der Waals surface area contributed by atoms with Gasteiger partial charge in [-0.1, -0.05) is 30.3 Å².